The Hall–Kier alpha value is -2.47. The molecule has 1 amide bonds. The van der Waals surface area contributed by atoms with Gasteiger partial charge in [0.1, 0.15) is 0 Å². The smallest absolute Gasteiger partial charge is 0.223 e. The molecule has 0 spiro atoms. The summed E-state index contributed by atoms with van der Waals surface area (Å²) in [5, 5.41) is 12.0. The second-order valence-corrected chi connectivity index (χ2v) is 8.58. The van der Waals surface area contributed by atoms with E-state index in [0.717, 1.165) is 56.1 Å². The molecule has 1 atom stereocenters. The minimum absolute atomic E-state index is 0.108. The Morgan fingerprint density at radius 3 is 2.50 bits per heavy atom. The summed E-state index contributed by atoms with van der Waals surface area (Å²) in [5.74, 6) is 1.22. The Kier molecular flexibility index (Phi) is 6.95. The number of likely N-dealkylation sites (tertiary alicyclic amines) is 1. The van der Waals surface area contributed by atoms with E-state index in [2.05, 4.69) is 32.2 Å². The van der Waals surface area contributed by atoms with Crippen molar-refractivity contribution in [2.24, 2.45) is 5.92 Å². The number of benzene rings is 1. The summed E-state index contributed by atoms with van der Waals surface area (Å²) in [6.07, 6.45) is 5.64. The van der Waals surface area contributed by atoms with E-state index >= 15 is 0 Å². The molecule has 2 fully saturated rings. The van der Waals surface area contributed by atoms with Crippen LogP contribution < -0.4 is 10.2 Å². The largest absolute Gasteiger partial charge is 0.355 e. The van der Waals surface area contributed by atoms with Gasteiger partial charge in [-0.25, -0.2) is 0 Å². The third-order valence-electron chi connectivity index (χ3n) is 6.55. The molecule has 0 bridgehead atoms. The van der Waals surface area contributed by atoms with Gasteiger partial charge in [-0.15, -0.1) is 10.2 Å². The van der Waals surface area contributed by atoms with Crippen molar-refractivity contribution in [2.75, 3.05) is 37.6 Å². The molecule has 0 aliphatic carbocycles. The number of rotatable bonds is 6. The molecule has 2 saturated heterocycles. The van der Waals surface area contributed by atoms with Crippen LogP contribution in [-0.4, -0.2) is 59.8 Å². The van der Waals surface area contributed by atoms with E-state index in [4.69, 9.17) is 0 Å². The molecule has 1 aromatic carbocycles. The number of piperidine rings is 2. The van der Waals surface area contributed by atoms with Crippen LogP contribution in [0.4, 0.5) is 5.82 Å². The molecule has 0 unspecified atom stereocenters. The summed E-state index contributed by atoms with van der Waals surface area (Å²) in [7, 11) is 0. The average molecular weight is 408 g/mol. The van der Waals surface area contributed by atoms with Crippen molar-refractivity contribution in [3.63, 3.8) is 0 Å². The first-order valence-electron chi connectivity index (χ1n) is 11.4. The predicted octanol–water partition coefficient (Wildman–Crippen LogP) is 3.35. The summed E-state index contributed by atoms with van der Waals surface area (Å²) >= 11 is 0. The van der Waals surface area contributed by atoms with Crippen LogP contribution in [0.2, 0.25) is 0 Å². The number of nitrogens with one attached hydrogen (secondary N) is 1. The van der Waals surface area contributed by atoms with Crippen LogP contribution in [0, 0.1) is 5.92 Å². The third-order valence-corrected chi connectivity index (χ3v) is 6.55. The maximum atomic E-state index is 12.6. The fraction of sp³-hybridized carbons (Fsp3) is 0.542. The molecule has 2 aliphatic rings. The molecule has 2 aliphatic heterocycles. The lowest BCUT2D eigenvalue weighted by molar-refractivity contribution is -0.125. The molecule has 6 nitrogen and oxygen atoms in total. The third kappa shape index (κ3) is 5.17. The van der Waals surface area contributed by atoms with Gasteiger partial charge in [-0.2, -0.15) is 0 Å². The molecule has 0 saturated carbocycles. The second kappa shape index (κ2) is 10.0. The average Bonchev–Trinajstić information content (AvgIpc) is 2.81. The molecule has 2 aromatic rings. The van der Waals surface area contributed by atoms with Gasteiger partial charge in [0.2, 0.25) is 5.91 Å². The van der Waals surface area contributed by atoms with Crippen molar-refractivity contribution in [3.8, 4) is 11.3 Å². The summed E-state index contributed by atoms with van der Waals surface area (Å²) in [5.41, 5.74) is 1.96. The maximum absolute atomic E-state index is 12.6. The Labute approximate surface area is 179 Å². The minimum atomic E-state index is 0.108. The van der Waals surface area contributed by atoms with E-state index in [0.29, 0.717) is 6.04 Å². The highest BCUT2D eigenvalue weighted by Gasteiger charge is 2.26. The number of carbonyl (C=O) groups excluding carboxylic acids is 1. The summed E-state index contributed by atoms with van der Waals surface area (Å²) < 4.78 is 0. The van der Waals surface area contributed by atoms with Gasteiger partial charge in [-0.05, 0) is 51.3 Å². The topological polar surface area (TPSA) is 61.4 Å². The summed E-state index contributed by atoms with van der Waals surface area (Å²) in [6.45, 7) is 6.89. The van der Waals surface area contributed by atoms with E-state index in [-0.39, 0.29) is 11.8 Å². The molecule has 160 valence electrons. The van der Waals surface area contributed by atoms with Crippen molar-refractivity contribution in [3.05, 3.63) is 42.5 Å². The SMILES string of the molecule is C[C@@H]1CCCCN1CCNC(=O)C1CCN(c2ccc(-c3ccccc3)nn2)CC1. The number of nitrogens with zero attached hydrogens (tertiary/aromatic N) is 4. The van der Waals surface area contributed by atoms with Crippen molar-refractivity contribution >= 4 is 11.7 Å². The first-order chi connectivity index (χ1) is 14.7. The lowest BCUT2D eigenvalue weighted by atomic mass is 9.96. The zero-order valence-electron chi connectivity index (χ0n) is 18.0. The zero-order chi connectivity index (χ0) is 20.8. The van der Waals surface area contributed by atoms with Gasteiger partial charge in [0.25, 0.3) is 0 Å². The van der Waals surface area contributed by atoms with Crippen LogP contribution in [0.25, 0.3) is 11.3 Å². The molecular formula is C24H33N5O. The molecule has 3 heterocycles. The molecular weight excluding hydrogens is 374 g/mol. The van der Waals surface area contributed by atoms with Crippen LogP contribution in [0.15, 0.2) is 42.5 Å². The van der Waals surface area contributed by atoms with Crippen LogP contribution >= 0.6 is 0 Å². The van der Waals surface area contributed by atoms with Crippen LogP contribution in [0.3, 0.4) is 0 Å². The lowest BCUT2D eigenvalue weighted by Crippen LogP contribution is -2.45. The molecule has 1 aromatic heterocycles. The van der Waals surface area contributed by atoms with Crippen molar-refractivity contribution in [1.29, 1.82) is 0 Å². The van der Waals surface area contributed by atoms with Gasteiger partial charge in [0.15, 0.2) is 5.82 Å². The Bertz CT molecular complexity index is 802. The quantitative estimate of drug-likeness (QED) is 0.796. The molecule has 1 N–H and O–H groups in total. The molecule has 30 heavy (non-hydrogen) atoms. The van der Waals surface area contributed by atoms with Crippen LogP contribution in [0.1, 0.15) is 39.0 Å². The number of amides is 1. The van der Waals surface area contributed by atoms with E-state index < -0.39 is 0 Å². The number of anilines is 1. The predicted molar refractivity (Wildman–Crippen MR) is 120 cm³/mol. The van der Waals surface area contributed by atoms with Crippen LogP contribution in [0.5, 0.6) is 0 Å². The Morgan fingerprint density at radius 1 is 1.00 bits per heavy atom. The highest BCUT2D eigenvalue weighted by molar-refractivity contribution is 5.79. The fourth-order valence-electron chi connectivity index (χ4n) is 4.58. The maximum Gasteiger partial charge on any atom is 0.223 e. The summed E-state index contributed by atoms with van der Waals surface area (Å²) in [6, 6.07) is 14.8. The number of aromatic nitrogens is 2. The van der Waals surface area contributed by atoms with Gasteiger partial charge < -0.3 is 10.2 Å². The monoisotopic (exact) mass is 407 g/mol. The zero-order valence-corrected chi connectivity index (χ0v) is 18.0. The Morgan fingerprint density at radius 2 is 1.80 bits per heavy atom. The van der Waals surface area contributed by atoms with Crippen molar-refractivity contribution < 1.29 is 4.79 Å². The van der Waals surface area contributed by atoms with E-state index in [1.165, 1.54) is 25.8 Å². The summed E-state index contributed by atoms with van der Waals surface area (Å²) in [4.78, 5) is 17.3. The normalized spacial score (nSPS) is 20.8. The number of carbonyl (C=O) groups is 1. The van der Waals surface area contributed by atoms with Gasteiger partial charge in [-0.1, -0.05) is 36.8 Å². The lowest BCUT2D eigenvalue weighted by Gasteiger charge is -2.34. The molecule has 6 heteroatoms. The van der Waals surface area contributed by atoms with Gasteiger partial charge in [-0.3, -0.25) is 9.69 Å². The van der Waals surface area contributed by atoms with Gasteiger partial charge in [0.05, 0.1) is 5.69 Å². The standard InChI is InChI=1S/C24H33N5O/c1-19-7-5-6-15-28(19)18-14-25-24(30)21-12-16-29(17-13-21)23-11-10-22(26-27-23)20-8-3-2-4-9-20/h2-4,8-11,19,21H,5-7,12-18H2,1H3,(H,25,30)/t19-/m1/s1. The van der Waals surface area contributed by atoms with Crippen molar-refractivity contribution in [1.82, 2.24) is 20.4 Å². The van der Waals surface area contributed by atoms with E-state index in [1.807, 2.05) is 42.5 Å². The molecule has 0 radical (unpaired) electrons. The van der Waals surface area contributed by atoms with E-state index in [1.54, 1.807) is 0 Å². The van der Waals surface area contributed by atoms with Gasteiger partial charge in [0, 0.05) is 43.7 Å². The van der Waals surface area contributed by atoms with Crippen LogP contribution in [-0.2, 0) is 4.79 Å². The fourth-order valence-corrected chi connectivity index (χ4v) is 4.58. The molecule has 4 rings (SSSR count). The first-order valence-corrected chi connectivity index (χ1v) is 11.4. The second-order valence-electron chi connectivity index (χ2n) is 8.58. The van der Waals surface area contributed by atoms with E-state index in [9.17, 15) is 4.79 Å². The number of hydrogen-bond donors (Lipinski definition) is 1. The number of hydrogen-bond acceptors (Lipinski definition) is 5. The minimum Gasteiger partial charge on any atom is -0.355 e. The van der Waals surface area contributed by atoms with Gasteiger partial charge >= 0.3 is 0 Å². The Balaban J connectivity index is 1.22. The highest BCUT2D eigenvalue weighted by Crippen LogP contribution is 2.23. The first kappa shape index (κ1) is 20.8. The highest BCUT2D eigenvalue weighted by atomic mass is 16.1. The van der Waals surface area contributed by atoms with Crippen molar-refractivity contribution in [2.45, 2.75) is 45.1 Å².